The minimum absolute atomic E-state index is 0.185. The Bertz CT molecular complexity index is 726. The topological polar surface area (TPSA) is 69.7 Å². The van der Waals surface area contributed by atoms with Gasteiger partial charge in [0.25, 0.3) is 0 Å². The lowest BCUT2D eigenvalue weighted by Crippen LogP contribution is -2.41. The van der Waals surface area contributed by atoms with E-state index in [9.17, 15) is 17.1 Å². The van der Waals surface area contributed by atoms with Gasteiger partial charge in [0, 0.05) is 5.56 Å². The van der Waals surface area contributed by atoms with E-state index < -0.39 is 34.3 Å². The molecule has 1 aliphatic heterocycles. The van der Waals surface area contributed by atoms with Crippen LogP contribution in [0.5, 0.6) is 0 Å². The fraction of sp³-hybridized carbons (Fsp3) is 0.533. The maximum absolute atomic E-state index is 13.0. The van der Waals surface area contributed by atoms with Crippen molar-refractivity contribution in [1.29, 1.82) is 0 Å². The Balaban J connectivity index is 2.50. The highest BCUT2D eigenvalue weighted by molar-refractivity contribution is 7.85. The van der Waals surface area contributed by atoms with Crippen LogP contribution in [0.25, 0.3) is 0 Å². The summed E-state index contributed by atoms with van der Waals surface area (Å²) in [5, 5.41) is 0. The van der Waals surface area contributed by atoms with Crippen LogP contribution in [0.1, 0.15) is 49.2 Å². The molecule has 8 heteroatoms. The molecule has 1 aromatic rings. The van der Waals surface area contributed by atoms with E-state index in [0.29, 0.717) is 17.3 Å². The van der Waals surface area contributed by atoms with Crippen molar-refractivity contribution >= 4 is 29.1 Å². The summed E-state index contributed by atoms with van der Waals surface area (Å²) in [5.74, 6) is -0.791. The van der Waals surface area contributed by atoms with Crippen molar-refractivity contribution in [2.75, 3.05) is 0 Å². The minimum Gasteiger partial charge on any atom is -0.399 e. The average Bonchev–Trinajstić information content (AvgIpc) is 2.58. The van der Waals surface area contributed by atoms with Crippen LogP contribution in [-0.4, -0.2) is 33.0 Å². The molecule has 0 atom stereocenters. The van der Waals surface area contributed by atoms with Gasteiger partial charge in [-0.15, -0.1) is 3.89 Å². The molecule has 0 amide bonds. The number of carbonyl (C=O) groups excluding carboxylic acids is 1. The van der Waals surface area contributed by atoms with Crippen LogP contribution < -0.4 is 5.46 Å². The fourth-order valence-corrected chi connectivity index (χ4v) is 3.01. The van der Waals surface area contributed by atoms with Gasteiger partial charge in [0.05, 0.1) is 11.2 Å². The van der Waals surface area contributed by atoms with Crippen molar-refractivity contribution in [1.82, 2.24) is 0 Å². The van der Waals surface area contributed by atoms with E-state index in [0.717, 1.165) is 0 Å². The average molecular weight is 342 g/mol. The molecule has 0 saturated carbocycles. The second-order valence-corrected chi connectivity index (χ2v) is 8.15. The quantitative estimate of drug-likeness (QED) is 0.475. The fourth-order valence-electron chi connectivity index (χ4n) is 2.44. The molecule has 1 fully saturated rings. The van der Waals surface area contributed by atoms with E-state index >= 15 is 0 Å². The number of hydrogen-bond donors (Lipinski definition) is 0. The Kier molecular flexibility index (Phi) is 4.47. The summed E-state index contributed by atoms with van der Waals surface area (Å²) >= 11 is 0. The van der Waals surface area contributed by atoms with Crippen molar-refractivity contribution in [2.24, 2.45) is 0 Å². The van der Waals surface area contributed by atoms with Gasteiger partial charge in [-0.1, -0.05) is 6.07 Å². The maximum Gasteiger partial charge on any atom is 0.495 e. The molecule has 1 aromatic carbocycles. The molecule has 0 spiro atoms. The highest BCUT2D eigenvalue weighted by Crippen LogP contribution is 2.36. The van der Waals surface area contributed by atoms with Gasteiger partial charge >= 0.3 is 17.3 Å². The molecule has 0 N–H and O–H groups in total. The zero-order valence-corrected chi connectivity index (χ0v) is 14.7. The largest absolute Gasteiger partial charge is 0.495 e. The van der Waals surface area contributed by atoms with E-state index in [1.807, 2.05) is 27.7 Å². The highest BCUT2D eigenvalue weighted by Gasteiger charge is 2.52. The Morgan fingerprint density at radius 1 is 1.17 bits per heavy atom. The van der Waals surface area contributed by atoms with Gasteiger partial charge in [0.1, 0.15) is 12.0 Å². The highest BCUT2D eigenvalue weighted by atomic mass is 32.3. The predicted molar refractivity (Wildman–Crippen MR) is 86.0 cm³/mol. The van der Waals surface area contributed by atoms with Crippen LogP contribution in [0.2, 0.25) is 0 Å². The summed E-state index contributed by atoms with van der Waals surface area (Å²) < 4.78 is 46.7. The van der Waals surface area contributed by atoms with Crippen LogP contribution in [-0.2, 0) is 25.3 Å². The molecule has 23 heavy (non-hydrogen) atoms. The third kappa shape index (κ3) is 3.64. The lowest BCUT2D eigenvalue weighted by Gasteiger charge is -2.32. The Labute approximate surface area is 136 Å². The molecule has 1 aliphatic rings. The first-order valence-corrected chi connectivity index (χ1v) is 8.78. The lowest BCUT2D eigenvalue weighted by molar-refractivity contribution is 0.00578. The molecule has 2 rings (SSSR count). The maximum atomic E-state index is 13.0. The van der Waals surface area contributed by atoms with E-state index in [1.54, 1.807) is 6.92 Å². The van der Waals surface area contributed by atoms with Crippen molar-refractivity contribution in [3.63, 3.8) is 0 Å². The van der Waals surface area contributed by atoms with Gasteiger partial charge < -0.3 is 9.31 Å². The molecule has 0 unspecified atom stereocenters. The van der Waals surface area contributed by atoms with Gasteiger partial charge in [-0.3, -0.25) is 4.79 Å². The second kappa shape index (κ2) is 5.68. The number of hydrogen-bond acceptors (Lipinski definition) is 5. The normalized spacial score (nSPS) is 19.8. The molecular weight excluding hydrogens is 322 g/mol. The van der Waals surface area contributed by atoms with E-state index in [2.05, 4.69) is 0 Å². The van der Waals surface area contributed by atoms with Crippen LogP contribution in [0.4, 0.5) is 3.89 Å². The zero-order valence-electron chi connectivity index (χ0n) is 13.8. The van der Waals surface area contributed by atoms with E-state index in [1.165, 1.54) is 12.1 Å². The minimum atomic E-state index is -4.70. The summed E-state index contributed by atoms with van der Waals surface area (Å²) in [6.45, 7) is 9.27. The van der Waals surface area contributed by atoms with Crippen molar-refractivity contribution in [3.8, 4) is 0 Å². The third-order valence-electron chi connectivity index (χ3n) is 4.52. The summed E-state index contributed by atoms with van der Waals surface area (Å²) in [7, 11) is -5.45. The Hall–Kier alpha value is -1.25. The summed E-state index contributed by atoms with van der Waals surface area (Å²) in [4.78, 5) is 11.2. The molecular formula is C15H20BFO5S. The Morgan fingerprint density at radius 2 is 1.70 bits per heavy atom. The van der Waals surface area contributed by atoms with Gasteiger partial charge in [0.2, 0.25) is 0 Å². The number of benzene rings is 1. The van der Waals surface area contributed by atoms with E-state index in [-0.39, 0.29) is 11.1 Å². The summed E-state index contributed by atoms with van der Waals surface area (Å²) in [6, 6.07) is 2.88. The standard InChI is InChI=1S/C15H20BFO5S/c1-10-12(8-18)6-11(9-23(17,19)20)7-13(10)16-21-14(2,3)15(4,5)22-16/h6-8H,9H2,1-5H3. The monoisotopic (exact) mass is 342 g/mol. The Morgan fingerprint density at radius 3 is 2.13 bits per heavy atom. The van der Waals surface area contributed by atoms with Crippen LogP contribution in [0, 0.1) is 6.92 Å². The third-order valence-corrected chi connectivity index (χ3v) is 5.20. The number of rotatable bonds is 4. The summed E-state index contributed by atoms with van der Waals surface area (Å²) in [5.41, 5.74) is 0.479. The zero-order chi connectivity index (χ0) is 17.6. The molecule has 0 bridgehead atoms. The number of halogens is 1. The number of aldehydes is 1. The molecule has 126 valence electrons. The predicted octanol–water partition coefficient (Wildman–Crippen LogP) is 1.91. The lowest BCUT2D eigenvalue weighted by atomic mass is 9.74. The molecule has 5 nitrogen and oxygen atoms in total. The van der Waals surface area contributed by atoms with Crippen LogP contribution >= 0.6 is 0 Å². The first kappa shape index (κ1) is 18.1. The van der Waals surface area contributed by atoms with Gasteiger partial charge in [0.15, 0.2) is 0 Å². The summed E-state index contributed by atoms with van der Waals surface area (Å²) in [6.07, 6.45) is 0.610. The SMILES string of the molecule is Cc1c(C=O)cc(CS(=O)(=O)F)cc1B1OC(C)(C)C(C)(C)O1. The van der Waals surface area contributed by atoms with E-state index in [4.69, 9.17) is 9.31 Å². The molecule has 0 aliphatic carbocycles. The molecule has 0 aromatic heterocycles. The van der Waals surface area contributed by atoms with Gasteiger partial charge in [-0.2, -0.15) is 8.42 Å². The molecule has 0 radical (unpaired) electrons. The smallest absolute Gasteiger partial charge is 0.399 e. The van der Waals surface area contributed by atoms with Gasteiger partial charge in [-0.05, 0) is 57.3 Å². The van der Waals surface area contributed by atoms with Gasteiger partial charge in [-0.25, -0.2) is 0 Å². The van der Waals surface area contributed by atoms with Crippen LogP contribution in [0.15, 0.2) is 12.1 Å². The first-order valence-electron chi connectivity index (χ1n) is 7.23. The van der Waals surface area contributed by atoms with Crippen LogP contribution in [0.3, 0.4) is 0 Å². The van der Waals surface area contributed by atoms with Crippen molar-refractivity contribution < 1.29 is 26.4 Å². The van der Waals surface area contributed by atoms with Crippen molar-refractivity contribution in [2.45, 2.75) is 51.6 Å². The second-order valence-electron chi connectivity index (χ2n) is 6.79. The molecule has 1 saturated heterocycles. The number of carbonyl (C=O) groups is 1. The van der Waals surface area contributed by atoms with Crippen molar-refractivity contribution in [3.05, 3.63) is 28.8 Å². The first-order chi connectivity index (χ1) is 10.4. The molecule has 1 heterocycles.